The van der Waals surface area contributed by atoms with Crippen LogP contribution in [0.25, 0.3) is 6.08 Å². The Morgan fingerprint density at radius 2 is 1.79 bits per heavy atom. The van der Waals surface area contributed by atoms with Gasteiger partial charge >= 0.3 is 0 Å². The molecule has 2 aromatic rings. The minimum absolute atomic E-state index is 0.0429. The van der Waals surface area contributed by atoms with E-state index in [4.69, 9.17) is 0 Å². The second kappa shape index (κ2) is 9.93. The molecule has 0 aromatic heterocycles. The molecule has 0 atom stereocenters. The number of piperazine rings is 1. The van der Waals surface area contributed by atoms with E-state index in [1.54, 1.807) is 18.1 Å². The molecule has 1 aliphatic rings. The van der Waals surface area contributed by atoms with Gasteiger partial charge in [0.05, 0.1) is 0 Å². The van der Waals surface area contributed by atoms with Crippen molar-refractivity contribution in [2.24, 2.45) is 0 Å². The SMILES string of the molecule is O=C=CCc1cccc(/C=C/C(=O)c2ccc(CN3CCN(O)CC3)cc2)c1. The lowest BCUT2D eigenvalue weighted by Crippen LogP contribution is -2.44. The number of allylic oxidation sites excluding steroid dienone is 2. The van der Waals surface area contributed by atoms with E-state index in [9.17, 15) is 14.8 Å². The molecular weight excluding hydrogens is 352 g/mol. The van der Waals surface area contributed by atoms with Crippen molar-refractivity contribution in [1.82, 2.24) is 9.96 Å². The van der Waals surface area contributed by atoms with E-state index in [2.05, 4.69) is 4.90 Å². The maximum absolute atomic E-state index is 12.4. The fraction of sp³-hybridized carbons (Fsp3) is 0.261. The largest absolute Gasteiger partial charge is 0.314 e. The van der Waals surface area contributed by atoms with Crippen molar-refractivity contribution in [3.8, 4) is 0 Å². The molecule has 1 saturated heterocycles. The van der Waals surface area contributed by atoms with Gasteiger partial charge < -0.3 is 5.21 Å². The Morgan fingerprint density at radius 1 is 1.04 bits per heavy atom. The summed E-state index contributed by atoms with van der Waals surface area (Å²) in [5.74, 6) is 1.73. The fourth-order valence-electron chi connectivity index (χ4n) is 3.18. The second-order valence-electron chi connectivity index (χ2n) is 6.90. The molecule has 144 valence electrons. The molecule has 28 heavy (non-hydrogen) atoms. The van der Waals surface area contributed by atoms with Crippen LogP contribution in [0.2, 0.25) is 0 Å². The summed E-state index contributed by atoms with van der Waals surface area (Å²) in [5.41, 5.74) is 3.73. The molecule has 0 saturated carbocycles. The number of rotatable bonds is 7. The van der Waals surface area contributed by atoms with Gasteiger partial charge in [-0.15, -0.1) is 0 Å². The maximum atomic E-state index is 12.4. The van der Waals surface area contributed by atoms with Crippen LogP contribution >= 0.6 is 0 Å². The van der Waals surface area contributed by atoms with Crippen LogP contribution in [-0.4, -0.2) is 53.1 Å². The third-order valence-electron chi connectivity index (χ3n) is 4.79. The van der Waals surface area contributed by atoms with Crippen molar-refractivity contribution in [2.45, 2.75) is 13.0 Å². The second-order valence-corrected chi connectivity index (χ2v) is 6.90. The van der Waals surface area contributed by atoms with Crippen LogP contribution in [0, 0.1) is 0 Å². The number of hydroxylamine groups is 2. The van der Waals surface area contributed by atoms with E-state index in [0.29, 0.717) is 25.1 Å². The highest BCUT2D eigenvalue weighted by Gasteiger charge is 2.15. The molecule has 0 amide bonds. The summed E-state index contributed by atoms with van der Waals surface area (Å²) in [7, 11) is 0. The van der Waals surface area contributed by atoms with Gasteiger partial charge in [0.15, 0.2) is 5.78 Å². The van der Waals surface area contributed by atoms with E-state index in [-0.39, 0.29) is 5.78 Å². The van der Waals surface area contributed by atoms with Gasteiger partial charge in [-0.05, 0) is 22.8 Å². The lowest BCUT2D eigenvalue weighted by molar-refractivity contribution is -0.118. The van der Waals surface area contributed by atoms with Crippen LogP contribution in [0.4, 0.5) is 0 Å². The first-order valence-electron chi connectivity index (χ1n) is 9.40. The van der Waals surface area contributed by atoms with Crippen molar-refractivity contribution in [2.75, 3.05) is 26.2 Å². The van der Waals surface area contributed by atoms with Gasteiger partial charge in [-0.1, -0.05) is 54.6 Å². The average molecular weight is 376 g/mol. The monoisotopic (exact) mass is 376 g/mol. The molecule has 5 heteroatoms. The number of nitrogens with zero attached hydrogens (tertiary/aromatic N) is 2. The van der Waals surface area contributed by atoms with Gasteiger partial charge in [-0.25, -0.2) is 4.79 Å². The third-order valence-corrected chi connectivity index (χ3v) is 4.79. The molecular formula is C23H24N2O3. The van der Waals surface area contributed by atoms with Crippen LogP contribution in [0.5, 0.6) is 0 Å². The van der Waals surface area contributed by atoms with Crippen LogP contribution in [0.15, 0.2) is 60.7 Å². The molecule has 0 unspecified atom stereocenters. The molecule has 0 radical (unpaired) electrons. The number of hydrogen-bond acceptors (Lipinski definition) is 5. The van der Waals surface area contributed by atoms with Gasteiger partial charge in [0.25, 0.3) is 0 Å². The first-order valence-corrected chi connectivity index (χ1v) is 9.40. The van der Waals surface area contributed by atoms with E-state index < -0.39 is 0 Å². The highest BCUT2D eigenvalue weighted by atomic mass is 16.5. The van der Waals surface area contributed by atoms with Crippen LogP contribution in [-0.2, 0) is 17.8 Å². The van der Waals surface area contributed by atoms with Gasteiger partial charge in [-0.3, -0.25) is 9.69 Å². The summed E-state index contributed by atoms with van der Waals surface area (Å²) in [6.45, 7) is 3.81. The third kappa shape index (κ3) is 5.84. The van der Waals surface area contributed by atoms with Gasteiger partial charge in [0.1, 0.15) is 5.94 Å². The molecule has 2 aromatic carbocycles. The number of carbonyl (C=O) groups is 1. The van der Waals surface area contributed by atoms with Gasteiger partial charge in [-0.2, -0.15) is 5.06 Å². The van der Waals surface area contributed by atoms with Crippen LogP contribution in [0.1, 0.15) is 27.0 Å². The predicted molar refractivity (Wildman–Crippen MR) is 109 cm³/mol. The normalized spacial score (nSPS) is 15.5. The lowest BCUT2D eigenvalue weighted by atomic mass is 10.0. The van der Waals surface area contributed by atoms with Crippen molar-refractivity contribution in [1.29, 1.82) is 0 Å². The summed E-state index contributed by atoms with van der Waals surface area (Å²) >= 11 is 0. The molecule has 0 spiro atoms. The number of benzene rings is 2. The number of carbonyl (C=O) groups excluding carboxylic acids is 2. The zero-order valence-corrected chi connectivity index (χ0v) is 15.8. The summed E-state index contributed by atoms with van der Waals surface area (Å²) in [6.07, 6.45) is 5.34. The van der Waals surface area contributed by atoms with E-state index >= 15 is 0 Å². The summed E-state index contributed by atoms with van der Waals surface area (Å²) in [5, 5.41) is 10.8. The summed E-state index contributed by atoms with van der Waals surface area (Å²) in [6, 6.07) is 15.4. The van der Waals surface area contributed by atoms with Gasteiger partial charge in [0, 0.05) is 50.8 Å². The molecule has 1 N–H and O–H groups in total. The Labute approximate surface area is 165 Å². The van der Waals surface area contributed by atoms with E-state index in [1.165, 1.54) is 11.1 Å². The fourth-order valence-corrected chi connectivity index (χ4v) is 3.18. The molecule has 1 heterocycles. The first-order chi connectivity index (χ1) is 13.6. The Hall–Kier alpha value is -2.82. The molecule has 0 bridgehead atoms. The van der Waals surface area contributed by atoms with Crippen LogP contribution in [0.3, 0.4) is 0 Å². The van der Waals surface area contributed by atoms with Crippen LogP contribution < -0.4 is 0 Å². The molecule has 3 rings (SSSR count). The summed E-state index contributed by atoms with van der Waals surface area (Å²) in [4.78, 5) is 25.0. The number of ketones is 1. The number of hydrogen-bond donors (Lipinski definition) is 1. The van der Waals surface area contributed by atoms with E-state index in [0.717, 1.165) is 36.3 Å². The maximum Gasteiger partial charge on any atom is 0.185 e. The molecule has 1 fully saturated rings. The van der Waals surface area contributed by atoms with Crippen molar-refractivity contribution in [3.05, 3.63) is 82.9 Å². The Morgan fingerprint density at radius 3 is 2.50 bits per heavy atom. The molecule has 1 aliphatic heterocycles. The predicted octanol–water partition coefficient (Wildman–Crippen LogP) is 3.02. The smallest absolute Gasteiger partial charge is 0.185 e. The topological polar surface area (TPSA) is 60.9 Å². The Bertz CT molecular complexity index is 875. The highest BCUT2D eigenvalue weighted by molar-refractivity contribution is 6.06. The van der Waals surface area contributed by atoms with Crippen molar-refractivity contribution >= 4 is 17.8 Å². The Balaban J connectivity index is 1.58. The summed E-state index contributed by atoms with van der Waals surface area (Å²) < 4.78 is 0. The van der Waals surface area contributed by atoms with Gasteiger partial charge in [0.2, 0.25) is 0 Å². The van der Waals surface area contributed by atoms with E-state index in [1.807, 2.05) is 48.5 Å². The highest BCUT2D eigenvalue weighted by Crippen LogP contribution is 2.12. The minimum Gasteiger partial charge on any atom is -0.314 e. The molecule has 0 aliphatic carbocycles. The van der Waals surface area contributed by atoms with Crippen molar-refractivity contribution < 1.29 is 14.8 Å². The average Bonchev–Trinajstić information content (AvgIpc) is 2.73. The Kier molecular flexibility index (Phi) is 7.06. The standard InChI is InChI=1S/C23H24N2O3/c26-16-2-5-19-3-1-4-20(17-19)8-11-23(27)22-9-6-21(7-10-22)18-24-12-14-25(28)15-13-24/h1-4,6-11,17,28H,5,12-15,18H2/b11-8+. The minimum atomic E-state index is -0.0429. The molecule has 5 nitrogen and oxygen atoms in total. The lowest BCUT2D eigenvalue weighted by Gasteiger charge is -2.31. The zero-order valence-electron chi connectivity index (χ0n) is 15.8. The zero-order chi connectivity index (χ0) is 19.8. The first kappa shape index (κ1) is 19.9. The van der Waals surface area contributed by atoms with Crippen molar-refractivity contribution in [3.63, 3.8) is 0 Å². The quantitative estimate of drug-likeness (QED) is 0.457.